The van der Waals surface area contributed by atoms with Gasteiger partial charge in [-0.25, -0.2) is 4.39 Å². The fourth-order valence-electron chi connectivity index (χ4n) is 2.70. The lowest BCUT2D eigenvalue weighted by atomic mass is 10.2. The molecule has 1 aromatic carbocycles. The van der Waals surface area contributed by atoms with Crippen LogP contribution in [0.25, 0.3) is 0 Å². The van der Waals surface area contributed by atoms with Crippen LogP contribution in [0.1, 0.15) is 13.8 Å². The Hall–Kier alpha value is -2.15. The highest BCUT2D eigenvalue weighted by molar-refractivity contribution is 5.87. The lowest BCUT2D eigenvalue weighted by molar-refractivity contribution is -0.129. The summed E-state index contributed by atoms with van der Waals surface area (Å²) < 4.78 is 13.0. The zero-order valence-electron chi connectivity index (χ0n) is 14.2. The van der Waals surface area contributed by atoms with Gasteiger partial charge in [0.05, 0.1) is 6.54 Å². The predicted molar refractivity (Wildman–Crippen MR) is 91.3 cm³/mol. The van der Waals surface area contributed by atoms with Crippen molar-refractivity contribution in [3.63, 3.8) is 0 Å². The molecule has 0 bridgehead atoms. The first kappa shape index (κ1) is 18.2. The monoisotopic (exact) mass is 336 g/mol. The summed E-state index contributed by atoms with van der Waals surface area (Å²) in [6, 6.07) is 5.92. The molecular formula is C17H25FN4O2. The third kappa shape index (κ3) is 5.19. The van der Waals surface area contributed by atoms with Crippen molar-refractivity contribution in [3.05, 3.63) is 30.1 Å². The molecule has 24 heavy (non-hydrogen) atoms. The molecule has 1 aliphatic heterocycles. The van der Waals surface area contributed by atoms with Crippen LogP contribution in [0.5, 0.6) is 0 Å². The van der Waals surface area contributed by atoms with E-state index in [4.69, 9.17) is 0 Å². The summed E-state index contributed by atoms with van der Waals surface area (Å²) >= 11 is 0. The normalized spacial score (nSPS) is 16.5. The Kier molecular flexibility index (Phi) is 6.54. The van der Waals surface area contributed by atoms with Crippen molar-refractivity contribution in [1.82, 2.24) is 15.5 Å². The van der Waals surface area contributed by atoms with Gasteiger partial charge >= 0.3 is 0 Å². The number of rotatable bonds is 6. The smallest absolute Gasteiger partial charge is 0.242 e. The second-order valence-electron chi connectivity index (χ2n) is 5.92. The van der Waals surface area contributed by atoms with Crippen LogP contribution in [-0.2, 0) is 9.59 Å². The maximum atomic E-state index is 13.0. The lowest BCUT2D eigenvalue weighted by Crippen LogP contribution is -2.52. The second kappa shape index (κ2) is 8.63. The number of benzene rings is 1. The Labute approximate surface area is 142 Å². The largest absolute Gasteiger partial charge is 0.369 e. The molecule has 0 unspecified atom stereocenters. The van der Waals surface area contributed by atoms with E-state index in [9.17, 15) is 14.0 Å². The molecule has 0 aromatic heterocycles. The van der Waals surface area contributed by atoms with E-state index in [0.29, 0.717) is 6.54 Å². The highest BCUT2D eigenvalue weighted by Crippen LogP contribution is 2.16. The number of carbonyl (C=O) groups excluding carboxylic acids is 2. The van der Waals surface area contributed by atoms with Gasteiger partial charge in [0.1, 0.15) is 11.9 Å². The molecule has 0 radical (unpaired) electrons. The molecule has 7 heteroatoms. The Balaban J connectivity index is 1.75. The number of hydrogen-bond acceptors (Lipinski definition) is 4. The highest BCUT2D eigenvalue weighted by Gasteiger charge is 2.21. The molecule has 2 amide bonds. The van der Waals surface area contributed by atoms with E-state index < -0.39 is 6.04 Å². The van der Waals surface area contributed by atoms with Crippen molar-refractivity contribution >= 4 is 17.5 Å². The van der Waals surface area contributed by atoms with Gasteiger partial charge in [-0.05, 0) is 38.1 Å². The third-order valence-corrected chi connectivity index (χ3v) is 4.05. The molecule has 0 aliphatic carbocycles. The van der Waals surface area contributed by atoms with Crippen LogP contribution in [0.2, 0.25) is 0 Å². The Morgan fingerprint density at radius 2 is 1.79 bits per heavy atom. The average Bonchev–Trinajstić information content (AvgIpc) is 2.56. The van der Waals surface area contributed by atoms with Gasteiger partial charge in [-0.15, -0.1) is 0 Å². The SMILES string of the molecule is CCNC(=O)[C@@H](C)NC(=O)CN1CCN(c2ccc(F)cc2)CC1. The van der Waals surface area contributed by atoms with Crippen LogP contribution >= 0.6 is 0 Å². The van der Waals surface area contributed by atoms with Gasteiger partial charge in [0.2, 0.25) is 11.8 Å². The molecule has 1 aliphatic rings. The number of carbonyl (C=O) groups is 2. The maximum Gasteiger partial charge on any atom is 0.242 e. The first-order valence-corrected chi connectivity index (χ1v) is 8.29. The van der Waals surface area contributed by atoms with Crippen molar-refractivity contribution < 1.29 is 14.0 Å². The molecule has 1 saturated heterocycles. The molecule has 1 atom stereocenters. The quantitative estimate of drug-likeness (QED) is 0.798. The molecule has 1 aromatic rings. The average molecular weight is 336 g/mol. The first-order valence-electron chi connectivity index (χ1n) is 8.29. The minimum atomic E-state index is -0.530. The molecule has 2 rings (SSSR count). The van der Waals surface area contributed by atoms with Gasteiger partial charge < -0.3 is 15.5 Å². The number of anilines is 1. The van der Waals surface area contributed by atoms with Crippen LogP contribution in [-0.4, -0.2) is 62.0 Å². The summed E-state index contributed by atoms with van der Waals surface area (Å²) in [6.45, 7) is 7.41. The molecular weight excluding hydrogens is 311 g/mol. The van der Waals surface area contributed by atoms with E-state index in [0.717, 1.165) is 31.9 Å². The van der Waals surface area contributed by atoms with E-state index in [-0.39, 0.29) is 24.2 Å². The standard InChI is InChI=1S/C17H25FN4O2/c1-3-19-17(24)13(2)20-16(23)12-21-8-10-22(11-9-21)15-6-4-14(18)5-7-15/h4-7,13H,3,8-12H2,1-2H3,(H,19,24)(H,20,23)/t13-/m1/s1. The molecule has 1 fully saturated rings. The Bertz CT molecular complexity index is 556. The topological polar surface area (TPSA) is 64.7 Å². The summed E-state index contributed by atoms with van der Waals surface area (Å²) in [5, 5.41) is 5.39. The van der Waals surface area contributed by atoms with Gasteiger partial charge in [-0.1, -0.05) is 0 Å². The first-order chi connectivity index (χ1) is 11.5. The number of hydrogen-bond donors (Lipinski definition) is 2. The van der Waals surface area contributed by atoms with Gasteiger partial charge in [0, 0.05) is 38.4 Å². The Morgan fingerprint density at radius 1 is 1.17 bits per heavy atom. The van der Waals surface area contributed by atoms with Crippen LogP contribution < -0.4 is 15.5 Å². The summed E-state index contributed by atoms with van der Waals surface area (Å²) in [5.74, 6) is -0.564. The summed E-state index contributed by atoms with van der Waals surface area (Å²) in [6.07, 6.45) is 0. The highest BCUT2D eigenvalue weighted by atomic mass is 19.1. The summed E-state index contributed by atoms with van der Waals surface area (Å²) in [5.41, 5.74) is 0.991. The van der Waals surface area contributed by atoms with Crippen LogP contribution in [0.4, 0.5) is 10.1 Å². The van der Waals surface area contributed by atoms with Gasteiger partial charge in [0.15, 0.2) is 0 Å². The molecule has 2 N–H and O–H groups in total. The molecule has 6 nitrogen and oxygen atoms in total. The van der Waals surface area contributed by atoms with E-state index >= 15 is 0 Å². The predicted octanol–water partition coefficient (Wildman–Crippen LogP) is 0.589. The van der Waals surface area contributed by atoms with Crippen molar-refractivity contribution in [1.29, 1.82) is 0 Å². The van der Waals surface area contributed by atoms with E-state index in [1.54, 1.807) is 19.1 Å². The van der Waals surface area contributed by atoms with Gasteiger partial charge in [0.25, 0.3) is 0 Å². The number of nitrogens with one attached hydrogen (secondary N) is 2. The number of amides is 2. The van der Waals surface area contributed by atoms with Crippen molar-refractivity contribution in [2.75, 3.05) is 44.2 Å². The fraction of sp³-hybridized carbons (Fsp3) is 0.529. The summed E-state index contributed by atoms with van der Waals surface area (Å²) in [4.78, 5) is 27.9. The van der Waals surface area contributed by atoms with Crippen molar-refractivity contribution in [2.45, 2.75) is 19.9 Å². The van der Waals surface area contributed by atoms with Gasteiger partial charge in [-0.2, -0.15) is 0 Å². The van der Waals surface area contributed by atoms with Crippen LogP contribution in [0, 0.1) is 5.82 Å². The van der Waals surface area contributed by atoms with Crippen molar-refractivity contribution in [2.24, 2.45) is 0 Å². The van der Waals surface area contributed by atoms with E-state index in [2.05, 4.69) is 20.4 Å². The zero-order valence-corrected chi connectivity index (χ0v) is 14.2. The Morgan fingerprint density at radius 3 is 2.38 bits per heavy atom. The molecule has 0 spiro atoms. The number of halogens is 1. The molecule has 1 heterocycles. The van der Waals surface area contributed by atoms with E-state index in [1.807, 2.05) is 6.92 Å². The zero-order chi connectivity index (χ0) is 17.5. The lowest BCUT2D eigenvalue weighted by Gasteiger charge is -2.35. The number of piperazine rings is 1. The fourth-order valence-corrected chi connectivity index (χ4v) is 2.70. The van der Waals surface area contributed by atoms with Crippen LogP contribution in [0.15, 0.2) is 24.3 Å². The molecule has 132 valence electrons. The maximum absolute atomic E-state index is 13.0. The number of nitrogens with zero attached hydrogens (tertiary/aromatic N) is 2. The minimum Gasteiger partial charge on any atom is -0.369 e. The van der Waals surface area contributed by atoms with Crippen LogP contribution in [0.3, 0.4) is 0 Å². The van der Waals surface area contributed by atoms with E-state index in [1.165, 1.54) is 12.1 Å². The third-order valence-electron chi connectivity index (χ3n) is 4.05. The minimum absolute atomic E-state index is 0.149. The molecule has 0 saturated carbocycles. The van der Waals surface area contributed by atoms with Crippen molar-refractivity contribution in [3.8, 4) is 0 Å². The summed E-state index contributed by atoms with van der Waals surface area (Å²) in [7, 11) is 0. The van der Waals surface area contributed by atoms with Gasteiger partial charge in [-0.3, -0.25) is 14.5 Å². The number of likely N-dealkylation sites (N-methyl/N-ethyl adjacent to an activating group) is 1. The second-order valence-corrected chi connectivity index (χ2v) is 5.92.